The summed E-state index contributed by atoms with van der Waals surface area (Å²) in [7, 11) is -2.01. The third-order valence-corrected chi connectivity index (χ3v) is 8.95. The van der Waals surface area contributed by atoms with E-state index in [1.54, 1.807) is 26.0 Å². The van der Waals surface area contributed by atoms with E-state index in [1.165, 1.54) is 13.3 Å². The average Bonchev–Trinajstić information content (AvgIpc) is 2.73. The number of aromatic nitrogens is 1. The molecule has 4 rings (SSSR count). The van der Waals surface area contributed by atoms with E-state index < -0.39 is 20.1 Å². The number of rotatable bonds is 3. The van der Waals surface area contributed by atoms with Gasteiger partial charge in [0.05, 0.1) is 24.6 Å². The maximum Gasteiger partial charge on any atom is 0.274 e. The molecule has 1 aliphatic carbocycles. The number of pyridine rings is 1. The standard InChI is InChI=1S/C22H26N4O4S/c1-21(2)20(23)26-22(13-31(21,28)29)10-4-5-14-6-7-15(11-17(14)22)25-19(27)18-9-8-16(30-3)12-24-18/h6-9,11-12H,4-5,10,13H2,1-3H3,(H2,23,26)(H,25,27)/t22-/m0/s1. The topological polar surface area (TPSA) is 121 Å². The van der Waals surface area contributed by atoms with Gasteiger partial charge in [-0.25, -0.2) is 13.4 Å². The molecule has 1 aromatic carbocycles. The molecule has 31 heavy (non-hydrogen) atoms. The van der Waals surface area contributed by atoms with E-state index in [9.17, 15) is 13.2 Å². The molecule has 0 bridgehead atoms. The summed E-state index contributed by atoms with van der Waals surface area (Å²) < 4.78 is 29.9. The molecule has 3 N–H and O–H groups in total. The second-order valence-corrected chi connectivity index (χ2v) is 11.2. The number of anilines is 1. The van der Waals surface area contributed by atoms with E-state index in [2.05, 4.69) is 15.6 Å². The highest BCUT2D eigenvalue weighted by Crippen LogP contribution is 2.42. The van der Waals surface area contributed by atoms with Gasteiger partial charge < -0.3 is 15.4 Å². The lowest BCUT2D eigenvalue weighted by atomic mass is 9.76. The summed E-state index contributed by atoms with van der Waals surface area (Å²) in [5.41, 5.74) is 1.79. The van der Waals surface area contributed by atoms with Crippen LogP contribution in [-0.4, -0.2) is 42.8 Å². The van der Waals surface area contributed by atoms with E-state index in [0.717, 1.165) is 24.0 Å². The third-order valence-electron chi connectivity index (χ3n) is 6.32. The number of aryl methyl sites for hydroxylation is 1. The number of fused-ring (bicyclic) bond motifs is 2. The first-order chi connectivity index (χ1) is 14.6. The van der Waals surface area contributed by atoms with Crippen LogP contribution in [0.4, 0.5) is 5.69 Å². The maximum absolute atomic E-state index is 13.0. The predicted octanol–water partition coefficient (Wildman–Crippen LogP) is 2.65. The van der Waals surface area contributed by atoms with Gasteiger partial charge in [0, 0.05) is 5.69 Å². The van der Waals surface area contributed by atoms with Crippen LogP contribution in [0.3, 0.4) is 0 Å². The molecule has 2 aliphatic rings. The average molecular weight is 443 g/mol. The lowest BCUT2D eigenvalue weighted by molar-refractivity contribution is 0.102. The van der Waals surface area contributed by atoms with Gasteiger partial charge in [-0.3, -0.25) is 10.2 Å². The zero-order valence-electron chi connectivity index (χ0n) is 17.8. The fraction of sp³-hybridized carbons (Fsp3) is 0.409. The SMILES string of the molecule is COc1ccc(C(=O)Nc2ccc3c(c2)[C@]2(CCC3)CS(=O)(=O)C(C)(C)C(=N)N2)nc1. The Kier molecular flexibility index (Phi) is 5.04. The van der Waals surface area contributed by atoms with Gasteiger partial charge in [0.1, 0.15) is 22.0 Å². The van der Waals surface area contributed by atoms with Crippen molar-refractivity contribution in [2.45, 2.75) is 43.4 Å². The summed E-state index contributed by atoms with van der Waals surface area (Å²) >= 11 is 0. The second-order valence-electron chi connectivity index (χ2n) is 8.61. The van der Waals surface area contributed by atoms with Gasteiger partial charge in [-0.2, -0.15) is 0 Å². The first-order valence-electron chi connectivity index (χ1n) is 10.1. The third kappa shape index (κ3) is 3.56. The Morgan fingerprint density at radius 3 is 2.68 bits per heavy atom. The van der Waals surface area contributed by atoms with E-state index in [0.29, 0.717) is 17.9 Å². The van der Waals surface area contributed by atoms with Crippen molar-refractivity contribution in [2.24, 2.45) is 0 Å². The van der Waals surface area contributed by atoms with Crippen LogP contribution in [0.5, 0.6) is 5.75 Å². The van der Waals surface area contributed by atoms with Crippen LogP contribution >= 0.6 is 0 Å². The van der Waals surface area contributed by atoms with Crippen LogP contribution in [0.1, 0.15) is 48.3 Å². The van der Waals surface area contributed by atoms with Crippen LogP contribution in [0.25, 0.3) is 0 Å². The highest BCUT2D eigenvalue weighted by Gasteiger charge is 2.53. The van der Waals surface area contributed by atoms with Crippen LogP contribution in [0.15, 0.2) is 36.5 Å². The number of amidine groups is 1. The van der Waals surface area contributed by atoms with Crippen LogP contribution in [0.2, 0.25) is 0 Å². The molecule has 1 spiro atoms. The number of hydrogen-bond acceptors (Lipinski definition) is 6. The summed E-state index contributed by atoms with van der Waals surface area (Å²) in [5, 5.41) is 14.5. The second kappa shape index (κ2) is 7.33. The Labute approximate surface area is 181 Å². The Bertz CT molecular complexity index is 1160. The molecule has 1 aliphatic heterocycles. The van der Waals surface area contributed by atoms with Crippen LogP contribution in [-0.2, 0) is 21.8 Å². The molecule has 9 heteroatoms. The van der Waals surface area contributed by atoms with Gasteiger partial charge in [-0.05, 0) is 68.5 Å². The monoisotopic (exact) mass is 442 g/mol. The van der Waals surface area contributed by atoms with E-state index in [1.807, 2.05) is 18.2 Å². The normalized spacial score (nSPS) is 23.5. The smallest absolute Gasteiger partial charge is 0.274 e. The van der Waals surface area contributed by atoms with E-state index in [4.69, 9.17) is 10.1 Å². The molecule has 164 valence electrons. The van der Waals surface area contributed by atoms with Crippen molar-refractivity contribution < 1.29 is 17.9 Å². The lowest BCUT2D eigenvalue weighted by Crippen LogP contribution is -2.65. The molecule has 1 fully saturated rings. The Morgan fingerprint density at radius 2 is 2.03 bits per heavy atom. The number of benzene rings is 1. The van der Waals surface area contributed by atoms with Gasteiger partial charge in [-0.1, -0.05) is 6.07 Å². The number of carbonyl (C=O) groups excluding carboxylic acids is 1. The number of nitrogens with one attached hydrogen (secondary N) is 3. The van der Waals surface area contributed by atoms with Gasteiger partial charge in [-0.15, -0.1) is 0 Å². The van der Waals surface area contributed by atoms with Crippen molar-refractivity contribution in [3.8, 4) is 5.75 Å². The molecular weight excluding hydrogens is 416 g/mol. The minimum atomic E-state index is -3.54. The van der Waals surface area contributed by atoms with Gasteiger partial charge in [0.25, 0.3) is 5.91 Å². The predicted molar refractivity (Wildman–Crippen MR) is 119 cm³/mol. The lowest BCUT2D eigenvalue weighted by Gasteiger charge is -2.47. The molecule has 0 saturated carbocycles. The highest BCUT2D eigenvalue weighted by atomic mass is 32.2. The molecule has 1 amide bonds. The van der Waals surface area contributed by atoms with Crippen molar-refractivity contribution in [2.75, 3.05) is 18.2 Å². The maximum atomic E-state index is 13.0. The number of ether oxygens (including phenoxy) is 1. The largest absolute Gasteiger partial charge is 0.495 e. The van der Waals surface area contributed by atoms with Crippen molar-refractivity contribution in [1.82, 2.24) is 10.3 Å². The van der Waals surface area contributed by atoms with Crippen molar-refractivity contribution in [1.29, 1.82) is 5.41 Å². The van der Waals surface area contributed by atoms with Gasteiger partial charge in [0.2, 0.25) is 0 Å². The molecule has 2 aromatic rings. The number of hydrogen-bond donors (Lipinski definition) is 3. The first-order valence-corrected chi connectivity index (χ1v) is 11.8. The van der Waals surface area contributed by atoms with E-state index >= 15 is 0 Å². The summed E-state index contributed by atoms with van der Waals surface area (Å²) in [6, 6.07) is 8.79. The van der Waals surface area contributed by atoms with E-state index in [-0.39, 0.29) is 23.2 Å². The minimum Gasteiger partial charge on any atom is -0.495 e. The zero-order chi connectivity index (χ0) is 22.4. The molecule has 0 radical (unpaired) electrons. The Hall–Kier alpha value is -2.94. The van der Waals surface area contributed by atoms with Gasteiger partial charge >= 0.3 is 0 Å². The van der Waals surface area contributed by atoms with Crippen LogP contribution < -0.4 is 15.4 Å². The summed E-state index contributed by atoms with van der Waals surface area (Å²) in [5.74, 6) is 0.107. The highest BCUT2D eigenvalue weighted by molar-refractivity contribution is 7.93. The van der Waals surface area contributed by atoms with Crippen molar-refractivity contribution in [3.05, 3.63) is 53.3 Å². The molecular formula is C22H26N4O4S. The van der Waals surface area contributed by atoms with Gasteiger partial charge in [0.15, 0.2) is 9.84 Å². The summed E-state index contributed by atoms with van der Waals surface area (Å²) in [4.78, 5) is 16.7. The molecule has 2 heterocycles. The summed E-state index contributed by atoms with van der Waals surface area (Å²) in [6.07, 6.45) is 3.73. The van der Waals surface area contributed by atoms with Crippen molar-refractivity contribution in [3.63, 3.8) is 0 Å². The van der Waals surface area contributed by atoms with Crippen LogP contribution in [0, 0.1) is 5.41 Å². The fourth-order valence-electron chi connectivity index (χ4n) is 4.23. The first kappa shape index (κ1) is 21.3. The number of amides is 1. The summed E-state index contributed by atoms with van der Waals surface area (Å²) in [6.45, 7) is 3.12. The fourth-order valence-corrected chi connectivity index (χ4v) is 5.97. The Balaban J connectivity index is 1.67. The minimum absolute atomic E-state index is 0.00321. The number of carbonyl (C=O) groups is 1. The number of methoxy groups -OCH3 is 1. The number of sulfone groups is 1. The number of nitrogens with zero attached hydrogens (tertiary/aromatic N) is 1. The Morgan fingerprint density at radius 1 is 1.26 bits per heavy atom. The molecule has 1 atom stereocenters. The molecule has 1 saturated heterocycles. The molecule has 0 unspecified atom stereocenters. The molecule has 8 nitrogen and oxygen atoms in total. The van der Waals surface area contributed by atoms with Crippen molar-refractivity contribution >= 4 is 27.3 Å². The quantitative estimate of drug-likeness (QED) is 0.672. The molecule has 1 aromatic heterocycles. The zero-order valence-corrected chi connectivity index (χ0v) is 18.6.